The van der Waals surface area contributed by atoms with E-state index in [0.717, 1.165) is 15.9 Å². The van der Waals surface area contributed by atoms with Crippen LogP contribution >= 0.6 is 15.9 Å². The van der Waals surface area contributed by atoms with Crippen molar-refractivity contribution in [3.05, 3.63) is 68.4 Å². The number of anilines is 1. The van der Waals surface area contributed by atoms with Crippen molar-refractivity contribution in [1.82, 2.24) is 9.78 Å². The van der Waals surface area contributed by atoms with Crippen LogP contribution in [0.2, 0.25) is 0 Å². The van der Waals surface area contributed by atoms with E-state index in [1.54, 1.807) is 28.9 Å². The first kappa shape index (κ1) is 21.3. The van der Waals surface area contributed by atoms with Crippen molar-refractivity contribution in [1.29, 1.82) is 0 Å². The number of halogens is 1. The van der Waals surface area contributed by atoms with Crippen LogP contribution in [0.5, 0.6) is 17.2 Å². The fraction of sp³-hybridized carbons (Fsp3) is 0.200. The van der Waals surface area contributed by atoms with Crippen LogP contribution < -0.4 is 14.8 Å². The number of aryl methyl sites for hydroxylation is 1. The number of amides is 1. The molecule has 10 heteroatoms. The molecular formula is C20H19BrN4O5. The molecule has 0 saturated heterocycles. The third kappa shape index (κ3) is 4.77. The number of benzene rings is 2. The lowest BCUT2D eigenvalue weighted by Crippen LogP contribution is -2.20. The maximum atomic E-state index is 12.5. The average molecular weight is 475 g/mol. The van der Waals surface area contributed by atoms with E-state index < -0.39 is 4.92 Å². The monoisotopic (exact) mass is 474 g/mol. The van der Waals surface area contributed by atoms with Gasteiger partial charge in [0, 0.05) is 12.1 Å². The summed E-state index contributed by atoms with van der Waals surface area (Å²) in [6.07, 6.45) is 0. The summed E-state index contributed by atoms with van der Waals surface area (Å²) in [7, 11) is 1.50. The molecule has 0 atom stereocenters. The Balaban J connectivity index is 1.84. The molecule has 0 bridgehead atoms. The summed E-state index contributed by atoms with van der Waals surface area (Å²) in [4.78, 5) is 23.3. The lowest BCUT2D eigenvalue weighted by atomic mass is 10.2. The molecule has 0 aliphatic heterocycles. The second-order valence-corrected chi connectivity index (χ2v) is 7.21. The molecule has 1 heterocycles. The number of rotatable bonds is 7. The summed E-state index contributed by atoms with van der Waals surface area (Å²) in [5, 5.41) is 18.3. The number of nitrogens with one attached hydrogen (secondary N) is 1. The number of hydrogen-bond donors (Lipinski definition) is 1. The summed E-state index contributed by atoms with van der Waals surface area (Å²) in [6.45, 7) is 3.63. The van der Waals surface area contributed by atoms with E-state index in [0.29, 0.717) is 11.5 Å². The second-order valence-electron chi connectivity index (χ2n) is 6.42. The number of para-hydroxylation sites is 2. The van der Waals surface area contributed by atoms with Gasteiger partial charge in [-0.25, -0.2) is 0 Å². The molecule has 156 valence electrons. The Morgan fingerprint density at radius 2 is 1.93 bits per heavy atom. The van der Waals surface area contributed by atoms with Crippen LogP contribution in [0.1, 0.15) is 11.4 Å². The van der Waals surface area contributed by atoms with E-state index in [4.69, 9.17) is 9.47 Å². The largest absolute Gasteiger partial charge is 0.493 e. The van der Waals surface area contributed by atoms with Crippen LogP contribution in [0.4, 0.5) is 11.4 Å². The van der Waals surface area contributed by atoms with Crippen LogP contribution in [0, 0.1) is 24.0 Å². The number of methoxy groups -OCH3 is 1. The van der Waals surface area contributed by atoms with Crippen LogP contribution in [-0.2, 0) is 11.3 Å². The van der Waals surface area contributed by atoms with Gasteiger partial charge in [0.15, 0.2) is 11.5 Å². The third-order valence-corrected chi connectivity index (χ3v) is 5.42. The third-order valence-electron chi connectivity index (χ3n) is 4.27. The molecule has 0 aliphatic carbocycles. The Morgan fingerprint density at radius 3 is 2.53 bits per heavy atom. The van der Waals surface area contributed by atoms with E-state index in [1.165, 1.54) is 25.3 Å². The van der Waals surface area contributed by atoms with Crippen molar-refractivity contribution in [2.75, 3.05) is 12.4 Å². The van der Waals surface area contributed by atoms with E-state index >= 15 is 0 Å². The number of hydrogen-bond acceptors (Lipinski definition) is 6. The minimum Gasteiger partial charge on any atom is -0.493 e. The average Bonchev–Trinajstić information content (AvgIpc) is 2.94. The van der Waals surface area contributed by atoms with Crippen molar-refractivity contribution in [3.63, 3.8) is 0 Å². The molecule has 3 aromatic rings. The van der Waals surface area contributed by atoms with Gasteiger partial charge in [-0.3, -0.25) is 19.6 Å². The maximum Gasteiger partial charge on any atom is 0.275 e. The molecule has 0 unspecified atom stereocenters. The highest BCUT2D eigenvalue weighted by molar-refractivity contribution is 9.10. The van der Waals surface area contributed by atoms with E-state index in [1.807, 2.05) is 13.8 Å². The van der Waals surface area contributed by atoms with Gasteiger partial charge in [0.2, 0.25) is 5.91 Å². The summed E-state index contributed by atoms with van der Waals surface area (Å²) in [5.74, 6) is 0.685. The molecule has 30 heavy (non-hydrogen) atoms. The summed E-state index contributed by atoms with van der Waals surface area (Å²) >= 11 is 3.42. The Bertz CT molecular complexity index is 1110. The minimum atomic E-state index is -0.553. The fourth-order valence-electron chi connectivity index (χ4n) is 2.82. The number of nitrogens with zero attached hydrogens (tertiary/aromatic N) is 3. The van der Waals surface area contributed by atoms with Crippen LogP contribution in [0.3, 0.4) is 0 Å². The van der Waals surface area contributed by atoms with Crippen molar-refractivity contribution in [2.24, 2.45) is 0 Å². The molecule has 9 nitrogen and oxygen atoms in total. The van der Waals surface area contributed by atoms with Crippen molar-refractivity contribution < 1.29 is 19.2 Å². The Kier molecular flexibility index (Phi) is 6.36. The molecule has 1 N–H and O–H groups in total. The Hall–Kier alpha value is -3.40. The van der Waals surface area contributed by atoms with E-state index in [-0.39, 0.29) is 29.6 Å². The summed E-state index contributed by atoms with van der Waals surface area (Å²) in [5.41, 5.74) is 1.59. The van der Waals surface area contributed by atoms with Crippen LogP contribution in [0.15, 0.2) is 46.9 Å². The van der Waals surface area contributed by atoms with Gasteiger partial charge < -0.3 is 14.8 Å². The Labute approximate surface area is 180 Å². The standard InChI is InChI=1S/C20H19BrN4O5/c1-12-20(21)13(2)24(23-12)11-19(26)22-14-8-15(25(27)28)10-16(9-14)30-18-7-5-4-6-17(18)29-3/h4-10H,11H2,1-3H3,(H,22,26). The van der Waals surface area contributed by atoms with Gasteiger partial charge in [0.25, 0.3) is 5.69 Å². The first-order valence-corrected chi connectivity index (χ1v) is 9.67. The zero-order chi connectivity index (χ0) is 21.8. The molecule has 2 aromatic carbocycles. The molecule has 0 radical (unpaired) electrons. The normalized spacial score (nSPS) is 10.5. The fourth-order valence-corrected chi connectivity index (χ4v) is 3.10. The first-order chi connectivity index (χ1) is 14.3. The van der Waals surface area contributed by atoms with Crippen molar-refractivity contribution in [2.45, 2.75) is 20.4 Å². The van der Waals surface area contributed by atoms with Gasteiger partial charge in [-0.2, -0.15) is 5.10 Å². The van der Waals surface area contributed by atoms with Gasteiger partial charge >= 0.3 is 0 Å². The van der Waals surface area contributed by atoms with E-state index in [2.05, 4.69) is 26.3 Å². The van der Waals surface area contributed by atoms with Crippen LogP contribution in [-0.4, -0.2) is 27.7 Å². The SMILES string of the molecule is COc1ccccc1Oc1cc(NC(=O)Cn2nc(C)c(Br)c2C)cc([N+](=O)[O-])c1. The Morgan fingerprint density at radius 1 is 1.23 bits per heavy atom. The predicted octanol–water partition coefficient (Wildman–Crippen LogP) is 4.61. The topological polar surface area (TPSA) is 109 Å². The highest BCUT2D eigenvalue weighted by atomic mass is 79.9. The van der Waals surface area contributed by atoms with Crippen molar-refractivity contribution >= 4 is 33.2 Å². The number of aromatic nitrogens is 2. The zero-order valence-electron chi connectivity index (χ0n) is 16.5. The smallest absolute Gasteiger partial charge is 0.275 e. The second kappa shape index (κ2) is 8.95. The number of nitro groups is 1. The lowest BCUT2D eigenvalue weighted by Gasteiger charge is -2.12. The van der Waals surface area contributed by atoms with Gasteiger partial charge in [-0.15, -0.1) is 0 Å². The number of ether oxygens (including phenoxy) is 2. The molecule has 0 aliphatic rings. The summed E-state index contributed by atoms with van der Waals surface area (Å²) < 4.78 is 13.4. The van der Waals surface area contributed by atoms with Gasteiger partial charge in [-0.1, -0.05) is 12.1 Å². The number of nitro benzene ring substituents is 1. The number of non-ortho nitro benzene ring substituents is 1. The van der Waals surface area contributed by atoms with Crippen molar-refractivity contribution in [3.8, 4) is 17.2 Å². The quantitative estimate of drug-likeness (QED) is 0.395. The van der Waals surface area contributed by atoms with Gasteiger partial charge in [-0.05, 0) is 41.9 Å². The van der Waals surface area contributed by atoms with Gasteiger partial charge in [0.05, 0.1) is 39.6 Å². The molecule has 1 amide bonds. The predicted molar refractivity (Wildman–Crippen MR) is 114 cm³/mol. The molecule has 0 spiro atoms. The highest BCUT2D eigenvalue weighted by Crippen LogP contribution is 2.34. The zero-order valence-corrected chi connectivity index (χ0v) is 18.1. The molecule has 0 fully saturated rings. The minimum absolute atomic E-state index is 0.0380. The molecule has 1 aromatic heterocycles. The number of carbonyl (C=O) groups is 1. The van der Waals surface area contributed by atoms with Crippen LogP contribution in [0.25, 0.3) is 0 Å². The maximum absolute atomic E-state index is 12.5. The van der Waals surface area contributed by atoms with E-state index in [9.17, 15) is 14.9 Å². The lowest BCUT2D eigenvalue weighted by molar-refractivity contribution is -0.384. The number of carbonyl (C=O) groups excluding carboxylic acids is 1. The molecular weight excluding hydrogens is 456 g/mol. The summed E-state index contributed by atoms with van der Waals surface area (Å²) in [6, 6.07) is 11.0. The molecule has 0 saturated carbocycles. The van der Waals surface area contributed by atoms with Gasteiger partial charge in [0.1, 0.15) is 12.3 Å². The first-order valence-electron chi connectivity index (χ1n) is 8.88. The highest BCUT2D eigenvalue weighted by Gasteiger charge is 2.16. The molecule has 3 rings (SSSR count).